The summed E-state index contributed by atoms with van der Waals surface area (Å²) in [7, 11) is 3.01. The fraction of sp³-hybridized carbons (Fsp3) is 0.212. The fourth-order valence-electron chi connectivity index (χ4n) is 4.90. The van der Waals surface area contributed by atoms with Crippen LogP contribution in [0.25, 0.3) is 6.08 Å². The topological polar surface area (TPSA) is 117 Å². The predicted molar refractivity (Wildman–Crippen MR) is 172 cm³/mol. The number of aromatic nitrogens is 1. The number of fused-ring (bicyclic) bond motifs is 1. The Balaban J connectivity index is 1.46. The maximum atomic E-state index is 13.9. The molecular weight excluding hydrogens is 618 g/mol. The lowest BCUT2D eigenvalue weighted by Crippen LogP contribution is -2.40. The molecule has 0 fully saturated rings. The molecule has 12 heteroatoms. The summed E-state index contributed by atoms with van der Waals surface area (Å²) in [5.74, 6) is 0.311. The Morgan fingerprint density at radius 2 is 1.76 bits per heavy atom. The molecule has 1 aliphatic heterocycles. The van der Waals surface area contributed by atoms with Crippen molar-refractivity contribution >= 4 is 46.6 Å². The van der Waals surface area contributed by atoms with Gasteiger partial charge in [-0.1, -0.05) is 59.3 Å². The minimum absolute atomic E-state index is 0.170. The largest absolute Gasteiger partial charge is 0.495 e. The highest BCUT2D eigenvalue weighted by atomic mass is 35.5. The molecule has 0 aliphatic carbocycles. The molecule has 1 aliphatic rings. The van der Waals surface area contributed by atoms with E-state index in [-0.39, 0.29) is 30.3 Å². The number of nitrogens with zero attached hydrogens (tertiary/aromatic N) is 2. The molecule has 45 heavy (non-hydrogen) atoms. The highest BCUT2D eigenvalue weighted by Crippen LogP contribution is 2.34. The van der Waals surface area contributed by atoms with Crippen molar-refractivity contribution in [3.63, 3.8) is 0 Å². The number of thiazole rings is 1. The highest BCUT2D eigenvalue weighted by molar-refractivity contribution is 7.07. The normalized spacial score (nSPS) is 14.3. The molecular formula is C33H30ClN3O7S. The first-order chi connectivity index (χ1) is 21.7. The van der Waals surface area contributed by atoms with Crippen molar-refractivity contribution in [2.24, 2.45) is 4.99 Å². The quantitative estimate of drug-likeness (QED) is 0.252. The molecule has 0 saturated carbocycles. The number of esters is 1. The molecule has 0 spiro atoms. The van der Waals surface area contributed by atoms with Crippen molar-refractivity contribution in [3.8, 4) is 17.2 Å². The minimum Gasteiger partial charge on any atom is -0.495 e. The first-order valence-electron chi connectivity index (χ1n) is 13.9. The molecule has 4 aromatic rings. The van der Waals surface area contributed by atoms with Crippen LogP contribution in [0.3, 0.4) is 0 Å². The number of halogens is 1. The van der Waals surface area contributed by atoms with E-state index >= 15 is 0 Å². The lowest BCUT2D eigenvalue weighted by atomic mass is 9.96. The maximum Gasteiger partial charge on any atom is 0.338 e. The van der Waals surface area contributed by atoms with Crippen LogP contribution in [0.15, 0.2) is 87.8 Å². The van der Waals surface area contributed by atoms with Gasteiger partial charge >= 0.3 is 5.97 Å². The maximum absolute atomic E-state index is 13.9. The lowest BCUT2D eigenvalue weighted by molar-refractivity contribution is -0.139. The number of amides is 1. The molecule has 232 valence electrons. The van der Waals surface area contributed by atoms with Gasteiger partial charge in [0.15, 0.2) is 22.9 Å². The van der Waals surface area contributed by atoms with Crippen LogP contribution in [-0.2, 0) is 14.3 Å². The third-order valence-electron chi connectivity index (χ3n) is 6.94. The molecule has 5 rings (SSSR count). The third kappa shape index (κ3) is 6.64. The fourth-order valence-corrected chi connectivity index (χ4v) is 6.19. The van der Waals surface area contributed by atoms with E-state index in [9.17, 15) is 14.4 Å². The number of para-hydroxylation sites is 2. The second-order valence-corrected chi connectivity index (χ2v) is 11.2. The van der Waals surface area contributed by atoms with Crippen LogP contribution >= 0.6 is 22.9 Å². The van der Waals surface area contributed by atoms with E-state index in [1.165, 1.54) is 30.1 Å². The van der Waals surface area contributed by atoms with E-state index < -0.39 is 12.0 Å². The second-order valence-electron chi connectivity index (χ2n) is 9.77. The van der Waals surface area contributed by atoms with Crippen LogP contribution in [-0.4, -0.2) is 43.9 Å². The molecule has 0 radical (unpaired) electrons. The Kier molecular flexibility index (Phi) is 9.70. The zero-order chi connectivity index (χ0) is 32.1. The number of allylic oxidation sites excluding steroid dienone is 1. The number of ether oxygens (including phenoxy) is 4. The summed E-state index contributed by atoms with van der Waals surface area (Å²) >= 11 is 7.76. The van der Waals surface area contributed by atoms with Gasteiger partial charge < -0.3 is 24.3 Å². The van der Waals surface area contributed by atoms with E-state index in [0.29, 0.717) is 54.1 Å². The Bertz CT molecular complexity index is 1980. The number of methoxy groups -OCH3 is 2. The van der Waals surface area contributed by atoms with Crippen LogP contribution in [0, 0.1) is 0 Å². The Hall–Kier alpha value is -4.87. The lowest BCUT2D eigenvalue weighted by Gasteiger charge is -2.25. The summed E-state index contributed by atoms with van der Waals surface area (Å²) in [6.45, 7) is 3.34. The summed E-state index contributed by atoms with van der Waals surface area (Å²) < 4.78 is 23.7. The molecule has 10 nitrogen and oxygen atoms in total. The van der Waals surface area contributed by atoms with Crippen molar-refractivity contribution in [1.82, 2.24) is 4.57 Å². The van der Waals surface area contributed by atoms with Gasteiger partial charge in [0, 0.05) is 5.02 Å². The van der Waals surface area contributed by atoms with Gasteiger partial charge in [0.1, 0.15) is 11.8 Å². The van der Waals surface area contributed by atoms with Gasteiger partial charge in [-0.3, -0.25) is 14.2 Å². The number of nitrogens with one attached hydrogen (secondary N) is 1. The summed E-state index contributed by atoms with van der Waals surface area (Å²) in [5.41, 5.74) is 2.12. The Morgan fingerprint density at radius 1 is 1.02 bits per heavy atom. The molecule has 0 unspecified atom stereocenters. The molecule has 0 bridgehead atoms. The monoisotopic (exact) mass is 647 g/mol. The van der Waals surface area contributed by atoms with Crippen LogP contribution in [0.2, 0.25) is 5.02 Å². The summed E-state index contributed by atoms with van der Waals surface area (Å²) in [6, 6.07) is 18.4. The van der Waals surface area contributed by atoms with Gasteiger partial charge in [0.05, 0.1) is 42.3 Å². The van der Waals surface area contributed by atoms with Crippen molar-refractivity contribution < 1.29 is 28.5 Å². The van der Waals surface area contributed by atoms with Gasteiger partial charge in [0.25, 0.3) is 11.5 Å². The summed E-state index contributed by atoms with van der Waals surface area (Å²) in [5, 5.41) is 3.17. The van der Waals surface area contributed by atoms with Crippen LogP contribution in [0.5, 0.6) is 17.2 Å². The van der Waals surface area contributed by atoms with Crippen molar-refractivity contribution in [1.29, 1.82) is 0 Å². The molecule has 2 heterocycles. The van der Waals surface area contributed by atoms with E-state index in [1.807, 2.05) is 0 Å². The van der Waals surface area contributed by atoms with E-state index in [0.717, 1.165) is 0 Å². The third-order valence-corrected chi connectivity index (χ3v) is 8.27. The van der Waals surface area contributed by atoms with Crippen molar-refractivity contribution in [3.05, 3.63) is 114 Å². The average Bonchev–Trinajstić information content (AvgIpc) is 3.33. The number of benzene rings is 3. The molecule has 0 saturated heterocycles. The van der Waals surface area contributed by atoms with Gasteiger partial charge in [0.2, 0.25) is 0 Å². The highest BCUT2D eigenvalue weighted by Gasteiger charge is 2.34. The number of carbonyl (C=O) groups excluding carboxylic acids is 2. The summed E-state index contributed by atoms with van der Waals surface area (Å²) in [4.78, 5) is 44.5. The molecule has 1 N–H and O–H groups in total. The van der Waals surface area contributed by atoms with Crippen molar-refractivity contribution in [2.45, 2.75) is 19.9 Å². The van der Waals surface area contributed by atoms with Gasteiger partial charge in [-0.2, -0.15) is 0 Å². The second kappa shape index (κ2) is 13.8. The Labute approximate surface area is 267 Å². The molecule has 1 amide bonds. The number of hydrogen-bond acceptors (Lipinski definition) is 9. The SMILES string of the molecule is CCOC(=O)C1=C(C)N=c2s/c(=C/c3ccc(OCC(=O)Nc4ccccc4OC)c(OC)c3)c(=O)n2[C@H]1c1ccccc1Cl. The van der Waals surface area contributed by atoms with Crippen LogP contribution in [0.4, 0.5) is 5.69 Å². The van der Waals surface area contributed by atoms with E-state index in [1.54, 1.807) is 86.7 Å². The minimum atomic E-state index is -0.816. The van der Waals surface area contributed by atoms with E-state index in [2.05, 4.69) is 10.3 Å². The van der Waals surface area contributed by atoms with Gasteiger partial charge in [-0.05, 0) is 61.4 Å². The average molecular weight is 648 g/mol. The Morgan fingerprint density at radius 3 is 2.49 bits per heavy atom. The van der Waals surface area contributed by atoms with Crippen LogP contribution < -0.4 is 34.4 Å². The zero-order valence-electron chi connectivity index (χ0n) is 25.0. The number of rotatable bonds is 10. The van der Waals surface area contributed by atoms with Gasteiger partial charge in [-0.25, -0.2) is 9.79 Å². The smallest absolute Gasteiger partial charge is 0.338 e. The van der Waals surface area contributed by atoms with E-state index in [4.69, 9.17) is 30.5 Å². The number of hydrogen-bond donors (Lipinski definition) is 1. The molecule has 3 aromatic carbocycles. The van der Waals surface area contributed by atoms with Crippen LogP contribution in [0.1, 0.15) is 31.0 Å². The van der Waals surface area contributed by atoms with Gasteiger partial charge in [-0.15, -0.1) is 0 Å². The molecule has 1 aromatic heterocycles. The number of carbonyl (C=O) groups is 2. The number of anilines is 1. The molecule has 1 atom stereocenters. The first kappa shape index (κ1) is 31.6. The van der Waals surface area contributed by atoms with Crippen molar-refractivity contribution in [2.75, 3.05) is 32.8 Å². The standard InChI is InChI=1S/C33H30ClN3O7S/c1-5-43-32(40)29-19(2)35-33-37(30(29)21-10-6-7-11-22(21)34)31(39)27(45-33)17-20-14-15-25(26(16-20)42-4)44-18-28(38)36-23-12-8-9-13-24(23)41-3/h6-17,30H,5,18H2,1-4H3,(H,36,38)/b27-17+/t30-/m0/s1. The first-order valence-corrected chi connectivity index (χ1v) is 15.1. The predicted octanol–water partition coefficient (Wildman–Crippen LogP) is 4.49. The zero-order valence-corrected chi connectivity index (χ0v) is 26.5. The summed E-state index contributed by atoms with van der Waals surface area (Å²) in [6.07, 6.45) is 1.71.